The van der Waals surface area contributed by atoms with Crippen LogP contribution < -0.4 is 5.32 Å². The smallest absolute Gasteiger partial charge is 0.268 e. The molecule has 3 rings (SSSR count). The van der Waals surface area contributed by atoms with Gasteiger partial charge in [0.15, 0.2) is 0 Å². The molecule has 0 fully saturated rings. The van der Waals surface area contributed by atoms with Crippen molar-refractivity contribution in [1.82, 2.24) is 25.3 Å². The molecule has 0 aliphatic heterocycles. The first-order valence-electron chi connectivity index (χ1n) is 9.19. The molecule has 0 spiro atoms. The Morgan fingerprint density at radius 2 is 2.14 bits per heavy atom. The fourth-order valence-electron chi connectivity index (χ4n) is 2.77. The molecular weight excluding hydrogens is 354 g/mol. The lowest BCUT2D eigenvalue weighted by Crippen LogP contribution is -2.23. The monoisotopic (exact) mass is 377 g/mol. The van der Waals surface area contributed by atoms with Gasteiger partial charge in [-0.1, -0.05) is 25.8 Å². The van der Waals surface area contributed by atoms with Gasteiger partial charge in [0.25, 0.3) is 11.8 Å². The maximum Gasteiger partial charge on any atom is 0.268 e. The van der Waals surface area contributed by atoms with Crippen LogP contribution in [0.4, 0.5) is 0 Å². The zero-order valence-corrected chi connectivity index (χ0v) is 16.3. The summed E-state index contributed by atoms with van der Waals surface area (Å²) in [4.78, 5) is 12.2. The van der Waals surface area contributed by atoms with Gasteiger partial charge in [-0.2, -0.15) is 5.10 Å². The topological polar surface area (TPSA) is 85.8 Å². The Kier molecular flexibility index (Phi) is 5.90. The number of aryl methyl sites for hydroxylation is 2. The van der Waals surface area contributed by atoms with Gasteiger partial charge < -0.3 is 9.73 Å². The summed E-state index contributed by atoms with van der Waals surface area (Å²) in [7, 11) is 0. The van der Waals surface area contributed by atoms with Crippen LogP contribution in [-0.4, -0.2) is 32.4 Å². The van der Waals surface area contributed by atoms with Crippen molar-refractivity contribution in [2.75, 3.05) is 6.54 Å². The van der Waals surface area contributed by atoms with Crippen molar-refractivity contribution in [2.45, 2.75) is 33.6 Å². The molecule has 3 aromatic rings. The Balaban J connectivity index is 1.98. The van der Waals surface area contributed by atoms with Crippen LogP contribution in [0, 0.1) is 25.2 Å². The molecule has 0 saturated carbocycles. The number of benzene rings is 1. The number of hydrogen-bond donors (Lipinski definition) is 1. The average Bonchev–Trinajstić information content (AvgIpc) is 3.30. The van der Waals surface area contributed by atoms with Crippen molar-refractivity contribution < 1.29 is 9.21 Å². The van der Waals surface area contributed by atoms with E-state index in [1.165, 1.54) is 0 Å². The predicted molar refractivity (Wildman–Crippen MR) is 106 cm³/mol. The maximum atomic E-state index is 12.2. The van der Waals surface area contributed by atoms with E-state index >= 15 is 0 Å². The number of rotatable bonds is 7. The summed E-state index contributed by atoms with van der Waals surface area (Å²) in [6, 6.07) is 9.23. The molecule has 0 radical (unpaired) electrons. The Bertz CT molecular complexity index is 1010. The van der Waals surface area contributed by atoms with E-state index in [9.17, 15) is 4.79 Å². The van der Waals surface area contributed by atoms with Gasteiger partial charge in [-0.3, -0.25) is 4.79 Å². The number of carbonyl (C=O) groups excluding carboxylic acids is 1. The molecule has 0 aliphatic rings. The summed E-state index contributed by atoms with van der Waals surface area (Å²) in [5, 5.41) is 15.3. The lowest BCUT2D eigenvalue weighted by atomic mass is 10.1. The lowest BCUT2D eigenvalue weighted by molar-refractivity contribution is 0.0958. The number of nitrogens with zero attached hydrogens (tertiary/aromatic N) is 4. The van der Waals surface area contributed by atoms with E-state index < -0.39 is 0 Å². The number of terminal acetylenes is 1. The average molecular weight is 377 g/mol. The first-order valence-corrected chi connectivity index (χ1v) is 9.19. The highest BCUT2D eigenvalue weighted by molar-refractivity contribution is 5.94. The quantitative estimate of drug-likeness (QED) is 0.639. The summed E-state index contributed by atoms with van der Waals surface area (Å²) >= 11 is 0. The SMILES string of the molecule is C#CCNC(=O)c1cccc(-n2nc(-c3nnc(C)o3)cc2CCC(C)C)c1. The molecular formula is C21H23N5O2. The lowest BCUT2D eigenvalue weighted by Gasteiger charge is -2.10. The minimum absolute atomic E-state index is 0.186. The van der Waals surface area contributed by atoms with Crippen molar-refractivity contribution >= 4 is 5.91 Å². The molecule has 0 bridgehead atoms. The number of hydrogen-bond acceptors (Lipinski definition) is 5. The van der Waals surface area contributed by atoms with Gasteiger partial charge in [0.2, 0.25) is 5.89 Å². The van der Waals surface area contributed by atoms with Crippen LogP contribution in [0.25, 0.3) is 17.3 Å². The van der Waals surface area contributed by atoms with Crippen molar-refractivity contribution in [2.24, 2.45) is 5.92 Å². The Hall–Kier alpha value is -3.40. The second-order valence-electron chi connectivity index (χ2n) is 6.93. The van der Waals surface area contributed by atoms with Crippen LogP contribution in [0.3, 0.4) is 0 Å². The summed E-state index contributed by atoms with van der Waals surface area (Å²) in [6.07, 6.45) is 7.06. The predicted octanol–water partition coefficient (Wildman–Crippen LogP) is 3.18. The van der Waals surface area contributed by atoms with Crippen molar-refractivity contribution in [3.05, 3.63) is 47.5 Å². The Morgan fingerprint density at radius 3 is 2.82 bits per heavy atom. The fourth-order valence-corrected chi connectivity index (χ4v) is 2.77. The first-order chi connectivity index (χ1) is 13.5. The second kappa shape index (κ2) is 8.53. The molecule has 7 heteroatoms. The molecule has 2 aromatic heterocycles. The van der Waals surface area contributed by atoms with Crippen LogP contribution in [-0.2, 0) is 6.42 Å². The first kappa shape index (κ1) is 19.4. The zero-order chi connectivity index (χ0) is 20.1. The standard InChI is InChI=1S/C21H23N5O2/c1-5-11-22-20(27)16-7-6-8-17(12-16)26-18(10-9-14(2)3)13-19(25-26)21-24-23-15(4)28-21/h1,6-8,12-14H,9-11H2,2-4H3,(H,22,27). The molecule has 1 N–H and O–H groups in total. The number of carbonyl (C=O) groups is 1. The van der Waals surface area contributed by atoms with Crippen LogP contribution in [0.5, 0.6) is 0 Å². The molecule has 2 heterocycles. The van der Waals surface area contributed by atoms with Gasteiger partial charge in [0.1, 0.15) is 5.69 Å². The molecule has 1 aromatic carbocycles. The minimum Gasteiger partial charge on any atom is -0.420 e. The van der Waals surface area contributed by atoms with Crippen LogP contribution in [0.1, 0.15) is 42.2 Å². The van der Waals surface area contributed by atoms with Gasteiger partial charge in [-0.05, 0) is 43.0 Å². The van der Waals surface area contributed by atoms with E-state index in [0.717, 1.165) is 24.2 Å². The third-order valence-corrected chi connectivity index (χ3v) is 4.21. The van der Waals surface area contributed by atoms with E-state index in [4.69, 9.17) is 10.8 Å². The molecule has 0 unspecified atom stereocenters. The zero-order valence-electron chi connectivity index (χ0n) is 16.3. The Morgan fingerprint density at radius 1 is 1.32 bits per heavy atom. The highest BCUT2D eigenvalue weighted by Gasteiger charge is 2.16. The molecule has 7 nitrogen and oxygen atoms in total. The molecule has 28 heavy (non-hydrogen) atoms. The summed E-state index contributed by atoms with van der Waals surface area (Å²) in [6.45, 7) is 6.29. The van der Waals surface area contributed by atoms with Crippen molar-refractivity contribution in [1.29, 1.82) is 0 Å². The number of aromatic nitrogens is 4. The highest BCUT2D eigenvalue weighted by atomic mass is 16.4. The van der Waals surface area contributed by atoms with Crippen LogP contribution >= 0.6 is 0 Å². The number of amides is 1. The molecule has 1 amide bonds. The second-order valence-corrected chi connectivity index (χ2v) is 6.93. The van der Waals surface area contributed by atoms with E-state index in [2.05, 4.69) is 40.4 Å². The van der Waals surface area contributed by atoms with Crippen molar-refractivity contribution in [3.63, 3.8) is 0 Å². The molecule has 0 saturated heterocycles. The van der Waals surface area contributed by atoms with Gasteiger partial charge >= 0.3 is 0 Å². The largest absolute Gasteiger partial charge is 0.420 e. The normalized spacial score (nSPS) is 10.8. The maximum absolute atomic E-state index is 12.2. The third-order valence-electron chi connectivity index (χ3n) is 4.21. The molecule has 0 atom stereocenters. The van der Waals surface area contributed by atoms with Crippen molar-refractivity contribution in [3.8, 4) is 29.6 Å². The van der Waals surface area contributed by atoms with Crippen LogP contribution in [0.15, 0.2) is 34.7 Å². The summed E-state index contributed by atoms with van der Waals surface area (Å²) < 4.78 is 7.35. The summed E-state index contributed by atoms with van der Waals surface area (Å²) in [5.74, 6) is 3.60. The van der Waals surface area contributed by atoms with Gasteiger partial charge in [0.05, 0.1) is 12.2 Å². The fraction of sp³-hybridized carbons (Fsp3) is 0.333. The minimum atomic E-state index is -0.219. The van der Waals surface area contributed by atoms with Gasteiger partial charge in [0, 0.05) is 18.2 Å². The van der Waals surface area contributed by atoms with E-state index in [1.807, 2.05) is 22.9 Å². The van der Waals surface area contributed by atoms with Crippen LogP contribution in [0.2, 0.25) is 0 Å². The molecule has 0 aliphatic carbocycles. The Labute approximate surface area is 164 Å². The molecule has 144 valence electrons. The summed E-state index contributed by atoms with van der Waals surface area (Å²) in [5.41, 5.74) is 2.94. The number of nitrogens with one attached hydrogen (secondary N) is 1. The van der Waals surface area contributed by atoms with E-state index in [-0.39, 0.29) is 12.5 Å². The third kappa shape index (κ3) is 4.46. The van der Waals surface area contributed by atoms with Gasteiger partial charge in [-0.15, -0.1) is 16.6 Å². The van der Waals surface area contributed by atoms with E-state index in [1.54, 1.807) is 19.1 Å². The highest BCUT2D eigenvalue weighted by Crippen LogP contribution is 2.23. The van der Waals surface area contributed by atoms with E-state index in [0.29, 0.717) is 29.0 Å². The van der Waals surface area contributed by atoms with Gasteiger partial charge in [-0.25, -0.2) is 4.68 Å².